The average molecular weight is 183 g/mol. The molecular formula is C9H13NO3. The Morgan fingerprint density at radius 1 is 1.54 bits per heavy atom. The van der Waals surface area contributed by atoms with Crippen molar-refractivity contribution in [2.45, 2.75) is 25.3 Å². The van der Waals surface area contributed by atoms with Crippen LogP contribution in [0, 0.1) is 11.8 Å². The van der Waals surface area contributed by atoms with Gasteiger partial charge in [-0.15, -0.1) is 0 Å². The molecule has 13 heavy (non-hydrogen) atoms. The molecule has 1 amide bonds. The Labute approximate surface area is 76.6 Å². The van der Waals surface area contributed by atoms with Gasteiger partial charge in [0.25, 0.3) is 0 Å². The van der Waals surface area contributed by atoms with E-state index in [-0.39, 0.29) is 29.8 Å². The molecule has 0 aromatic rings. The van der Waals surface area contributed by atoms with Crippen LogP contribution in [0.4, 0.5) is 0 Å². The van der Waals surface area contributed by atoms with Crippen molar-refractivity contribution in [1.82, 2.24) is 5.32 Å². The highest BCUT2D eigenvalue weighted by Gasteiger charge is 2.48. The van der Waals surface area contributed by atoms with E-state index in [0.717, 1.165) is 19.3 Å². The van der Waals surface area contributed by atoms with Gasteiger partial charge in [0, 0.05) is 11.8 Å². The van der Waals surface area contributed by atoms with E-state index in [0.29, 0.717) is 0 Å². The minimum absolute atomic E-state index is 0.0258. The number of rotatable bonds is 1. The van der Waals surface area contributed by atoms with Gasteiger partial charge in [0.1, 0.15) is 6.04 Å². The number of ether oxygens (including phenoxy) is 1. The van der Waals surface area contributed by atoms with Gasteiger partial charge in [0.15, 0.2) is 0 Å². The maximum atomic E-state index is 11.4. The fraction of sp³-hybridized carbons (Fsp3) is 0.778. The van der Waals surface area contributed by atoms with E-state index in [4.69, 9.17) is 0 Å². The maximum Gasteiger partial charge on any atom is 0.328 e. The molecule has 0 bridgehead atoms. The van der Waals surface area contributed by atoms with Gasteiger partial charge in [0.05, 0.1) is 7.11 Å². The van der Waals surface area contributed by atoms with Crippen LogP contribution >= 0.6 is 0 Å². The van der Waals surface area contributed by atoms with Crippen LogP contribution in [0.3, 0.4) is 0 Å². The smallest absolute Gasteiger partial charge is 0.328 e. The van der Waals surface area contributed by atoms with Gasteiger partial charge in [0.2, 0.25) is 5.91 Å². The predicted molar refractivity (Wildman–Crippen MR) is 44.8 cm³/mol. The first-order valence-electron chi connectivity index (χ1n) is 4.62. The van der Waals surface area contributed by atoms with E-state index in [9.17, 15) is 9.59 Å². The Hall–Kier alpha value is -1.06. The predicted octanol–water partition coefficient (Wildman–Crippen LogP) is 0.0741. The molecule has 72 valence electrons. The summed E-state index contributed by atoms with van der Waals surface area (Å²) in [4.78, 5) is 22.6. The number of carbonyl (C=O) groups excluding carboxylic acids is 2. The van der Waals surface area contributed by atoms with Crippen molar-refractivity contribution in [2.75, 3.05) is 7.11 Å². The highest BCUT2D eigenvalue weighted by molar-refractivity contribution is 5.90. The monoisotopic (exact) mass is 183 g/mol. The molecule has 1 aliphatic heterocycles. The van der Waals surface area contributed by atoms with Gasteiger partial charge in [-0.25, -0.2) is 4.79 Å². The molecular weight excluding hydrogens is 170 g/mol. The molecule has 0 aromatic carbocycles. The normalized spacial score (nSPS) is 37.0. The van der Waals surface area contributed by atoms with E-state index in [1.54, 1.807) is 0 Å². The zero-order chi connectivity index (χ0) is 9.42. The lowest BCUT2D eigenvalue weighted by atomic mass is 9.94. The van der Waals surface area contributed by atoms with Gasteiger partial charge >= 0.3 is 5.97 Å². The molecule has 1 saturated carbocycles. The third kappa shape index (κ3) is 1.20. The van der Waals surface area contributed by atoms with Crippen LogP contribution in [0.15, 0.2) is 0 Å². The number of amides is 1. The van der Waals surface area contributed by atoms with E-state index in [1.807, 2.05) is 0 Å². The van der Waals surface area contributed by atoms with Gasteiger partial charge in [-0.3, -0.25) is 4.79 Å². The summed E-state index contributed by atoms with van der Waals surface area (Å²) in [6.07, 6.45) is 2.93. The molecule has 2 aliphatic rings. The molecule has 0 spiro atoms. The molecule has 1 aliphatic carbocycles. The molecule has 3 atom stereocenters. The first-order valence-corrected chi connectivity index (χ1v) is 4.62. The van der Waals surface area contributed by atoms with Crippen molar-refractivity contribution < 1.29 is 14.3 Å². The zero-order valence-electron chi connectivity index (χ0n) is 7.58. The number of methoxy groups -OCH3 is 1. The Morgan fingerprint density at radius 2 is 2.31 bits per heavy atom. The molecule has 0 aromatic heterocycles. The molecule has 1 saturated heterocycles. The van der Waals surface area contributed by atoms with Crippen LogP contribution in [0.2, 0.25) is 0 Å². The van der Waals surface area contributed by atoms with E-state index in [1.165, 1.54) is 7.11 Å². The van der Waals surface area contributed by atoms with Crippen molar-refractivity contribution >= 4 is 11.9 Å². The maximum absolute atomic E-state index is 11.4. The molecule has 4 nitrogen and oxygen atoms in total. The van der Waals surface area contributed by atoms with Crippen molar-refractivity contribution in [3.8, 4) is 0 Å². The molecule has 0 radical (unpaired) electrons. The lowest BCUT2D eigenvalue weighted by Crippen LogP contribution is -2.37. The molecule has 1 heterocycles. The van der Waals surface area contributed by atoms with Crippen LogP contribution < -0.4 is 5.32 Å². The van der Waals surface area contributed by atoms with Crippen LogP contribution in [-0.4, -0.2) is 25.0 Å². The summed E-state index contributed by atoms with van der Waals surface area (Å²) in [5, 5.41) is 2.69. The third-order valence-corrected chi connectivity index (χ3v) is 3.09. The second-order valence-corrected chi connectivity index (χ2v) is 3.71. The van der Waals surface area contributed by atoms with Gasteiger partial charge in [-0.05, 0) is 12.8 Å². The Bertz CT molecular complexity index is 251. The highest BCUT2D eigenvalue weighted by atomic mass is 16.5. The summed E-state index contributed by atoms with van der Waals surface area (Å²) in [7, 11) is 1.36. The SMILES string of the molecule is COC(=O)C1NC(=O)C2CCCC21. The summed E-state index contributed by atoms with van der Waals surface area (Å²) < 4.78 is 4.64. The lowest BCUT2D eigenvalue weighted by molar-refractivity contribution is -0.144. The van der Waals surface area contributed by atoms with Crippen molar-refractivity contribution in [3.63, 3.8) is 0 Å². The molecule has 2 rings (SSSR count). The van der Waals surface area contributed by atoms with Crippen LogP contribution in [-0.2, 0) is 14.3 Å². The largest absolute Gasteiger partial charge is 0.467 e. The number of esters is 1. The topological polar surface area (TPSA) is 55.4 Å². The molecule has 1 N–H and O–H groups in total. The summed E-state index contributed by atoms with van der Waals surface area (Å²) in [5.41, 5.74) is 0. The standard InChI is InChI=1S/C9H13NO3/c1-13-9(12)7-5-3-2-4-6(5)8(11)10-7/h5-7H,2-4H2,1H3,(H,10,11). The first-order chi connectivity index (χ1) is 6.24. The first kappa shape index (κ1) is 8.53. The van der Waals surface area contributed by atoms with E-state index >= 15 is 0 Å². The number of hydrogen-bond donors (Lipinski definition) is 1. The van der Waals surface area contributed by atoms with E-state index in [2.05, 4.69) is 10.1 Å². The fourth-order valence-corrected chi connectivity index (χ4v) is 2.44. The minimum atomic E-state index is -0.384. The van der Waals surface area contributed by atoms with Gasteiger partial charge in [-0.1, -0.05) is 6.42 Å². The molecule has 4 heteroatoms. The summed E-state index contributed by atoms with van der Waals surface area (Å²) in [6.45, 7) is 0. The molecule has 3 unspecified atom stereocenters. The zero-order valence-corrected chi connectivity index (χ0v) is 7.58. The molecule has 2 fully saturated rings. The van der Waals surface area contributed by atoms with Crippen molar-refractivity contribution in [2.24, 2.45) is 11.8 Å². The average Bonchev–Trinajstić information content (AvgIpc) is 2.68. The van der Waals surface area contributed by atoms with Crippen LogP contribution in [0.25, 0.3) is 0 Å². The summed E-state index contributed by atoms with van der Waals surface area (Å²) in [5.74, 6) is -0.0373. The van der Waals surface area contributed by atoms with Gasteiger partial charge in [-0.2, -0.15) is 0 Å². The minimum Gasteiger partial charge on any atom is -0.467 e. The van der Waals surface area contributed by atoms with Crippen molar-refractivity contribution in [3.05, 3.63) is 0 Å². The number of hydrogen-bond acceptors (Lipinski definition) is 3. The summed E-state index contributed by atoms with van der Waals surface area (Å²) >= 11 is 0. The van der Waals surface area contributed by atoms with Crippen LogP contribution in [0.5, 0.6) is 0 Å². The third-order valence-electron chi connectivity index (χ3n) is 3.09. The quantitative estimate of drug-likeness (QED) is 0.585. The van der Waals surface area contributed by atoms with Crippen molar-refractivity contribution in [1.29, 1.82) is 0 Å². The highest BCUT2D eigenvalue weighted by Crippen LogP contribution is 2.38. The Balaban J connectivity index is 2.14. The van der Waals surface area contributed by atoms with E-state index < -0.39 is 0 Å². The summed E-state index contributed by atoms with van der Waals surface area (Å²) in [6, 6.07) is -0.384. The number of nitrogens with one attached hydrogen (secondary N) is 1. The van der Waals surface area contributed by atoms with Crippen LogP contribution in [0.1, 0.15) is 19.3 Å². The lowest BCUT2D eigenvalue weighted by Gasteiger charge is -2.13. The number of fused-ring (bicyclic) bond motifs is 1. The second kappa shape index (κ2) is 3.01. The Morgan fingerprint density at radius 3 is 3.00 bits per heavy atom. The fourth-order valence-electron chi connectivity index (χ4n) is 2.44. The second-order valence-electron chi connectivity index (χ2n) is 3.71. The number of carbonyl (C=O) groups is 2. The van der Waals surface area contributed by atoms with Gasteiger partial charge < -0.3 is 10.1 Å². The Kier molecular flexibility index (Phi) is 1.98.